The SMILES string of the molecule is CCN(CC)c1ccc(N=C2C=CC(=O)C(OC)=C2)cc1OC. The molecule has 0 bridgehead atoms. The zero-order chi connectivity index (χ0) is 16.8. The topological polar surface area (TPSA) is 51.1 Å². The predicted molar refractivity (Wildman–Crippen MR) is 92.9 cm³/mol. The van der Waals surface area contributed by atoms with Crippen molar-refractivity contribution in [1.82, 2.24) is 0 Å². The average Bonchev–Trinajstić information content (AvgIpc) is 2.58. The van der Waals surface area contributed by atoms with E-state index >= 15 is 0 Å². The van der Waals surface area contributed by atoms with Crippen LogP contribution in [-0.2, 0) is 9.53 Å². The van der Waals surface area contributed by atoms with Crippen LogP contribution in [0.25, 0.3) is 0 Å². The predicted octanol–water partition coefficient (Wildman–Crippen LogP) is 3.28. The lowest BCUT2D eigenvalue weighted by Gasteiger charge is -2.23. The minimum atomic E-state index is -0.152. The van der Waals surface area contributed by atoms with Crippen molar-refractivity contribution in [2.24, 2.45) is 4.99 Å². The molecule has 0 N–H and O–H groups in total. The lowest BCUT2D eigenvalue weighted by atomic mass is 10.1. The normalized spacial score (nSPS) is 15.6. The molecule has 122 valence electrons. The monoisotopic (exact) mass is 314 g/mol. The summed E-state index contributed by atoms with van der Waals surface area (Å²) in [6.07, 6.45) is 4.77. The highest BCUT2D eigenvalue weighted by Gasteiger charge is 2.13. The Bertz CT molecular complexity index is 671. The van der Waals surface area contributed by atoms with E-state index in [9.17, 15) is 4.79 Å². The van der Waals surface area contributed by atoms with Crippen molar-refractivity contribution >= 4 is 22.9 Å². The van der Waals surface area contributed by atoms with E-state index in [1.54, 1.807) is 19.3 Å². The number of carbonyl (C=O) groups excluding carboxylic acids is 1. The molecule has 0 fully saturated rings. The fraction of sp³-hybridized carbons (Fsp3) is 0.333. The highest BCUT2D eigenvalue weighted by Crippen LogP contribution is 2.32. The van der Waals surface area contributed by atoms with E-state index in [1.165, 1.54) is 13.2 Å². The molecular weight excluding hydrogens is 292 g/mol. The summed E-state index contributed by atoms with van der Waals surface area (Å²) in [4.78, 5) is 18.3. The summed E-state index contributed by atoms with van der Waals surface area (Å²) in [6, 6.07) is 5.84. The standard InChI is InChI=1S/C18H22N2O3/c1-5-20(6-2)15-9-7-13(11-17(15)22-3)19-14-8-10-16(21)18(12-14)23-4/h7-12H,5-6H2,1-4H3. The first-order chi connectivity index (χ1) is 11.1. The zero-order valence-electron chi connectivity index (χ0n) is 14.0. The van der Waals surface area contributed by atoms with Gasteiger partial charge in [0.15, 0.2) is 5.76 Å². The Labute approximate surface area is 136 Å². The van der Waals surface area contributed by atoms with Crippen LogP contribution in [0.1, 0.15) is 13.8 Å². The maximum atomic E-state index is 11.5. The third-order valence-corrected chi connectivity index (χ3v) is 3.67. The van der Waals surface area contributed by atoms with Gasteiger partial charge in [0.2, 0.25) is 5.78 Å². The second-order valence-electron chi connectivity index (χ2n) is 4.98. The Morgan fingerprint density at radius 1 is 1.09 bits per heavy atom. The maximum absolute atomic E-state index is 11.5. The molecule has 1 aromatic rings. The van der Waals surface area contributed by atoms with Crippen LogP contribution in [0.4, 0.5) is 11.4 Å². The fourth-order valence-electron chi connectivity index (χ4n) is 2.44. The molecule has 0 unspecified atom stereocenters. The van der Waals surface area contributed by atoms with E-state index in [2.05, 4.69) is 23.7 Å². The molecule has 0 aliphatic heterocycles. The number of ketones is 1. The summed E-state index contributed by atoms with van der Waals surface area (Å²) >= 11 is 0. The third kappa shape index (κ3) is 3.80. The molecule has 0 radical (unpaired) electrons. The lowest BCUT2D eigenvalue weighted by Crippen LogP contribution is -2.22. The van der Waals surface area contributed by atoms with E-state index < -0.39 is 0 Å². The molecule has 1 aliphatic rings. The van der Waals surface area contributed by atoms with Crippen LogP contribution >= 0.6 is 0 Å². The van der Waals surface area contributed by atoms with Crippen LogP contribution in [0, 0.1) is 0 Å². The van der Waals surface area contributed by atoms with Gasteiger partial charge in [0.25, 0.3) is 0 Å². The van der Waals surface area contributed by atoms with Crippen LogP contribution in [-0.4, -0.2) is 38.8 Å². The van der Waals surface area contributed by atoms with Gasteiger partial charge < -0.3 is 14.4 Å². The van der Waals surface area contributed by atoms with Crippen LogP contribution in [0.15, 0.2) is 47.2 Å². The van der Waals surface area contributed by atoms with E-state index in [4.69, 9.17) is 9.47 Å². The summed E-state index contributed by atoms with van der Waals surface area (Å²) in [5, 5.41) is 0. The van der Waals surface area contributed by atoms with Gasteiger partial charge >= 0.3 is 0 Å². The molecule has 0 saturated heterocycles. The van der Waals surface area contributed by atoms with Gasteiger partial charge in [-0.25, -0.2) is 4.99 Å². The van der Waals surface area contributed by atoms with Crippen molar-refractivity contribution in [1.29, 1.82) is 0 Å². The van der Waals surface area contributed by atoms with Gasteiger partial charge in [0, 0.05) is 25.2 Å². The molecule has 0 atom stereocenters. The molecule has 0 aromatic heterocycles. The number of allylic oxidation sites excluding steroid dienone is 3. The smallest absolute Gasteiger partial charge is 0.220 e. The number of hydrogen-bond donors (Lipinski definition) is 0. The quantitative estimate of drug-likeness (QED) is 0.756. The number of ether oxygens (including phenoxy) is 2. The largest absolute Gasteiger partial charge is 0.495 e. The Morgan fingerprint density at radius 2 is 1.83 bits per heavy atom. The zero-order valence-corrected chi connectivity index (χ0v) is 14.0. The summed E-state index contributed by atoms with van der Waals surface area (Å²) in [7, 11) is 3.13. The van der Waals surface area contributed by atoms with Gasteiger partial charge in [-0.15, -0.1) is 0 Å². The highest BCUT2D eigenvalue weighted by molar-refractivity contribution is 6.18. The first kappa shape index (κ1) is 16.8. The molecule has 2 rings (SSSR count). The first-order valence-electron chi connectivity index (χ1n) is 7.62. The van der Waals surface area contributed by atoms with E-state index in [0.717, 1.165) is 30.2 Å². The van der Waals surface area contributed by atoms with Crippen LogP contribution < -0.4 is 9.64 Å². The number of methoxy groups -OCH3 is 2. The van der Waals surface area contributed by atoms with Gasteiger partial charge in [0.1, 0.15) is 5.75 Å². The Kier molecular flexibility index (Phi) is 5.57. The number of aliphatic imine (C=N–C) groups is 1. The maximum Gasteiger partial charge on any atom is 0.220 e. The molecule has 23 heavy (non-hydrogen) atoms. The summed E-state index contributed by atoms with van der Waals surface area (Å²) in [6.45, 7) is 6.03. The molecule has 5 nitrogen and oxygen atoms in total. The number of nitrogens with zero attached hydrogens (tertiary/aromatic N) is 2. The number of carbonyl (C=O) groups is 1. The molecule has 0 heterocycles. The molecular formula is C18H22N2O3. The second-order valence-corrected chi connectivity index (χ2v) is 4.98. The Hall–Kier alpha value is -2.56. The molecule has 0 saturated carbocycles. The van der Waals surface area contributed by atoms with Crippen molar-refractivity contribution in [3.05, 3.63) is 42.2 Å². The van der Waals surface area contributed by atoms with Gasteiger partial charge in [-0.3, -0.25) is 4.79 Å². The minimum Gasteiger partial charge on any atom is -0.495 e. The van der Waals surface area contributed by atoms with Crippen molar-refractivity contribution < 1.29 is 14.3 Å². The van der Waals surface area contributed by atoms with E-state index in [1.807, 2.05) is 18.2 Å². The Balaban J connectivity index is 2.35. The van der Waals surface area contributed by atoms with Crippen molar-refractivity contribution in [2.75, 3.05) is 32.2 Å². The minimum absolute atomic E-state index is 0.152. The molecule has 0 amide bonds. The number of rotatable bonds is 6. The van der Waals surface area contributed by atoms with Crippen LogP contribution in [0.5, 0.6) is 5.75 Å². The summed E-state index contributed by atoms with van der Waals surface area (Å²) < 4.78 is 10.5. The summed E-state index contributed by atoms with van der Waals surface area (Å²) in [5.41, 5.74) is 2.47. The first-order valence-corrected chi connectivity index (χ1v) is 7.62. The van der Waals surface area contributed by atoms with Crippen LogP contribution in [0.3, 0.4) is 0 Å². The number of benzene rings is 1. The lowest BCUT2D eigenvalue weighted by molar-refractivity contribution is -0.114. The molecule has 1 aromatic carbocycles. The van der Waals surface area contributed by atoms with Gasteiger partial charge in [-0.2, -0.15) is 0 Å². The highest BCUT2D eigenvalue weighted by atomic mass is 16.5. The summed E-state index contributed by atoms with van der Waals surface area (Å²) in [5.74, 6) is 0.918. The van der Waals surface area contributed by atoms with Crippen molar-refractivity contribution in [3.8, 4) is 5.75 Å². The number of hydrogen-bond acceptors (Lipinski definition) is 5. The number of anilines is 1. The molecule has 1 aliphatic carbocycles. The van der Waals surface area contributed by atoms with E-state index in [-0.39, 0.29) is 11.5 Å². The van der Waals surface area contributed by atoms with Gasteiger partial charge in [-0.1, -0.05) is 0 Å². The Morgan fingerprint density at radius 3 is 2.43 bits per heavy atom. The molecule has 5 heteroatoms. The second kappa shape index (κ2) is 7.63. The average molecular weight is 314 g/mol. The van der Waals surface area contributed by atoms with E-state index in [0.29, 0.717) is 5.71 Å². The van der Waals surface area contributed by atoms with Crippen molar-refractivity contribution in [2.45, 2.75) is 13.8 Å². The van der Waals surface area contributed by atoms with Gasteiger partial charge in [0.05, 0.1) is 31.3 Å². The molecule has 0 spiro atoms. The van der Waals surface area contributed by atoms with Gasteiger partial charge in [-0.05, 0) is 38.1 Å². The van der Waals surface area contributed by atoms with Crippen LogP contribution in [0.2, 0.25) is 0 Å². The third-order valence-electron chi connectivity index (χ3n) is 3.67. The fourth-order valence-corrected chi connectivity index (χ4v) is 2.44. The van der Waals surface area contributed by atoms with Crippen molar-refractivity contribution in [3.63, 3.8) is 0 Å².